The van der Waals surface area contributed by atoms with Crippen LogP contribution in [0.4, 0.5) is 10.5 Å². The molecule has 1 fully saturated rings. The van der Waals surface area contributed by atoms with Crippen molar-refractivity contribution in [2.75, 3.05) is 51.2 Å². The summed E-state index contributed by atoms with van der Waals surface area (Å²) in [5.74, 6) is -0.318. The van der Waals surface area contributed by atoms with Crippen molar-refractivity contribution in [1.29, 1.82) is 0 Å². The van der Waals surface area contributed by atoms with Gasteiger partial charge in [-0.1, -0.05) is 0 Å². The molecule has 3 rings (SSSR count). The van der Waals surface area contributed by atoms with E-state index in [2.05, 4.69) is 10.6 Å². The summed E-state index contributed by atoms with van der Waals surface area (Å²) in [6.45, 7) is 7.46. The van der Waals surface area contributed by atoms with Crippen molar-refractivity contribution >= 4 is 45.0 Å². The van der Waals surface area contributed by atoms with Crippen LogP contribution >= 0.6 is 11.3 Å². The maximum absolute atomic E-state index is 12.6. The van der Waals surface area contributed by atoms with Gasteiger partial charge in [0.1, 0.15) is 4.88 Å². The fourth-order valence-corrected chi connectivity index (χ4v) is 4.13. The third kappa shape index (κ3) is 5.45. The highest BCUT2D eigenvalue weighted by Crippen LogP contribution is 2.28. The van der Waals surface area contributed by atoms with Crippen LogP contribution in [0.3, 0.4) is 0 Å². The van der Waals surface area contributed by atoms with Crippen molar-refractivity contribution in [3.63, 3.8) is 0 Å². The molecule has 1 aliphatic rings. The number of piperazine rings is 1. The molecule has 2 N–H and O–H groups in total. The monoisotopic (exact) mass is 418 g/mol. The molecule has 0 atom stereocenters. The van der Waals surface area contributed by atoms with Crippen LogP contribution in [-0.2, 0) is 9.53 Å². The molecular weight excluding hydrogens is 392 g/mol. The second-order valence-electron chi connectivity index (χ2n) is 6.73. The van der Waals surface area contributed by atoms with Gasteiger partial charge in [-0.15, -0.1) is 11.3 Å². The summed E-state index contributed by atoms with van der Waals surface area (Å²) in [4.78, 5) is 40.5. The molecular formula is C20H26N4O4S. The van der Waals surface area contributed by atoms with Crippen molar-refractivity contribution in [3.05, 3.63) is 29.1 Å². The van der Waals surface area contributed by atoms with Gasteiger partial charge in [-0.05, 0) is 43.5 Å². The van der Waals surface area contributed by atoms with Crippen LogP contribution in [0.1, 0.15) is 23.5 Å². The Morgan fingerprint density at radius 2 is 1.86 bits per heavy atom. The lowest BCUT2D eigenvalue weighted by Gasteiger charge is -2.34. The van der Waals surface area contributed by atoms with Gasteiger partial charge in [0.15, 0.2) is 0 Å². The largest absolute Gasteiger partial charge is 0.462 e. The minimum atomic E-state index is -0.329. The molecule has 29 heavy (non-hydrogen) atoms. The second kappa shape index (κ2) is 9.71. The van der Waals surface area contributed by atoms with E-state index in [9.17, 15) is 14.4 Å². The Morgan fingerprint density at radius 3 is 2.55 bits per heavy atom. The number of anilines is 1. The number of benzene rings is 1. The van der Waals surface area contributed by atoms with Crippen LogP contribution in [0.25, 0.3) is 10.1 Å². The van der Waals surface area contributed by atoms with Crippen molar-refractivity contribution < 1.29 is 19.1 Å². The van der Waals surface area contributed by atoms with Crippen molar-refractivity contribution in [3.8, 4) is 0 Å². The number of nitrogens with one attached hydrogen (secondary N) is 2. The maximum Gasteiger partial charge on any atom is 0.348 e. The Kier molecular flexibility index (Phi) is 7.05. The second-order valence-corrected chi connectivity index (χ2v) is 7.81. The fraction of sp³-hybridized carbons (Fsp3) is 0.450. The number of nitrogens with zero attached hydrogens (tertiary/aromatic N) is 2. The SMILES string of the molecule is CCNC(=O)CN1CCN(C(=O)Nc2ccc3sc(C(=O)OCC)cc3c2)CC1. The molecule has 0 saturated carbocycles. The normalized spacial score (nSPS) is 14.6. The highest BCUT2D eigenvalue weighted by molar-refractivity contribution is 7.20. The quantitative estimate of drug-likeness (QED) is 0.703. The van der Waals surface area contributed by atoms with Gasteiger partial charge >= 0.3 is 12.0 Å². The molecule has 0 radical (unpaired) electrons. The summed E-state index contributed by atoms with van der Waals surface area (Å²) >= 11 is 1.37. The smallest absolute Gasteiger partial charge is 0.348 e. The van der Waals surface area contributed by atoms with Gasteiger partial charge < -0.3 is 20.3 Å². The fourth-order valence-electron chi connectivity index (χ4n) is 3.19. The number of thiophene rings is 1. The van der Waals surface area contributed by atoms with Gasteiger partial charge in [0.25, 0.3) is 0 Å². The number of likely N-dealkylation sites (N-methyl/N-ethyl adjacent to an activating group) is 1. The Labute approximate surface area is 173 Å². The lowest BCUT2D eigenvalue weighted by molar-refractivity contribution is -0.122. The first-order chi connectivity index (χ1) is 14.0. The molecule has 8 nitrogen and oxygen atoms in total. The summed E-state index contributed by atoms with van der Waals surface area (Å²) in [5.41, 5.74) is 0.681. The molecule has 156 valence electrons. The van der Waals surface area contributed by atoms with E-state index in [1.807, 2.05) is 30.0 Å². The van der Waals surface area contributed by atoms with Gasteiger partial charge in [-0.3, -0.25) is 9.69 Å². The topological polar surface area (TPSA) is 91.0 Å². The first-order valence-corrected chi connectivity index (χ1v) is 10.6. The molecule has 1 aromatic heterocycles. The Bertz CT molecular complexity index is 890. The number of rotatable bonds is 6. The molecule has 0 bridgehead atoms. The van der Waals surface area contributed by atoms with E-state index in [4.69, 9.17) is 4.74 Å². The van der Waals surface area contributed by atoms with Crippen LogP contribution in [0.5, 0.6) is 0 Å². The predicted octanol–water partition coefficient (Wildman–Crippen LogP) is 2.36. The number of fused-ring (bicyclic) bond motifs is 1. The van der Waals surface area contributed by atoms with Gasteiger partial charge in [0, 0.05) is 43.1 Å². The lowest BCUT2D eigenvalue weighted by Crippen LogP contribution is -2.52. The zero-order valence-electron chi connectivity index (χ0n) is 16.7. The predicted molar refractivity (Wildman–Crippen MR) is 113 cm³/mol. The van der Waals surface area contributed by atoms with E-state index >= 15 is 0 Å². The molecule has 0 aliphatic carbocycles. The number of ether oxygens (including phenoxy) is 1. The summed E-state index contributed by atoms with van der Waals surface area (Å²) in [5, 5.41) is 6.60. The van der Waals surface area contributed by atoms with Gasteiger partial charge in [-0.2, -0.15) is 0 Å². The molecule has 2 heterocycles. The first-order valence-electron chi connectivity index (χ1n) is 9.75. The number of urea groups is 1. The van der Waals surface area contributed by atoms with Gasteiger partial charge in [0.05, 0.1) is 13.2 Å². The van der Waals surface area contributed by atoms with Crippen molar-refractivity contribution in [2.24, 2.45) is 0 Å². The summed E-state index contributed by atoms with van der Waals surface area (Å²) in [6, 6.07) is 7.20. The maximum atomic E-state index is 12.6. The molecule has 9 heteroatoms. The van der Waals surface area contributed by atoms with E-state index in [0.29, 0.717) is 56.4 Å². The van der Waals surface area contributed by atoms with Crippen LogP contribution in [0.15, 0.2) is 24.3 Å². The number of hydrogen-bond donors (Lipinski definition) is 2. The van der Waals surface area contributed by atoms with Crippen molar-refractivity contribution in [1.82, 2.24) is 15.1 Å². The highest BCUT2D eigenvalue weighted by Gasteiger charge is 2.22. The standard InChI is InChI=1S/C20H26N4O4S/c1-3-21-18(25)13-23-7-9-24(10-8-23)20(27)22-15-5-6-16-14(11-15)12-17(29-16)19(26)28-4-2/h5-6,11-12H,3-4,7-10,13H2,1-2H3,(H,21,25)(H,22,27). The Morgan fingerprint density at radius 1 is 1.10 bits per heavy atom. The molecule has 3 amide bonds. The number of carbonyl (C=O) groups is 3. The highest BCUT2D eigenvalue weighted by atomic mass is 32.1. The van der Waals surface area contributed by atoms with E-state index in [-0.39, 0.29) is 17.9 Å². The molecule has 0 unspecified atom stereocenters. The van der Waals surface area contributed by atoms with Crippen molar-refractivity contribution in [2.45, 2.75) is 13.8 Å². The Balaban J connectivity index is 1.56. The molecule has 1 aliphatic heterocycles. The van der Waals surface area contributed by atoms with E-state index in [1.165, 1.54) is 11.3 Å². The van der Waals surface area contributed by atoms with Gasteiger partial charge in [0.2, 0.25) is 5.91 Å². The first kappa shape index (κ1) is 21.1. The van der Waals surface area contributed by atoms with E-state index in [0.717, 1.165) is 10.1 Å². The number of esters is 1. The summed E-state index contributed by atoms with van der Waals surface area (Å²) < 4.78 is 6.01. The third-order valence-corrected chi connectivity index (χ3v) is 5.74. The van der Waals surface area contributed by atoms with Crippen LogP contribution in [-0.4, -0.2) is 73.6 Å². The Hall–Kier alpha value is -2.65. The van der Waals surface area contributed by atoms with Crippen LogP contribution in [0, 0.1) is 0 Å². The van der Waals surface area contributed by atoms with Crippen LogP contribution < -0.4 is 10.6 Å². The average Bonchev–Trinajstić information content (AvgIpc) is 3.12. The third-order valence-electron chi connectivity index (χ3n) is 4.64. The molecule has 1 aromatic carbocycles. The average molecular weight is 419 g/mol. The summed E-state index contributed by atoms with van der Waals surface area (Å²) in [7, 11) is 0. The molecule has 1 saturated heterocycles. The minimum absolute atomic E-state index is 0.0108. The molecule has 0 spiro atoms. The number of amides is 3. The summed E-state index contributed by atoms with van der Waals surface area (Å²) in [6.07, 6.45) is 0. The zero-order valence-corrected chi connectivity index (χ0v) is 17.5. The van der Waals surface area contributed by atoms with E-state index in [1.54, 1.807) is 17.9 Å². The number of hydrogen-bond acceptors (Lipinski definition) is 6. The lowest BCUT2D eigenvalue weighted by atomic mass is 10.2. The van der Waals surface area contributed by atoms with E-state index < -0.39 is 0 Å². The minimum Gasteiger partial charge on any atom is -0.462 e. The number of carbonyl (C=O) groups excluding carboxylic acids is 3. The zero-order chi connectivity index (χ0) is 20.8. The van der Waals surface area contributed by atoms with Gasteiger partial charge in [-0.25, -0.2) is 9.59 Å². The van der Waals surface area contributed by atoms with Crippen LogP contribution in [0.2, 0.25) is 0 Å². The molecule has 2 aromatic rings.